The van der Waals surface area contributed by atoms with Crippen LogP contribution in [0.3, 0.4) is 0 Å². The van der Waals surface area contributed by atoms with Crippen LogP contribution in [0.25, 0.3) is 0 Å². The van der Waals surface area contributed by atoms with Crippen LogP contribution in [0.15, 0.2) is 48.7 Å². The molecule has 0 unspecified atom stereocenters. The predicted octanol–water partition coefficient (Wildman–Crippen LogP) is 2.18. The lowest BCUT2D eigenvalue weighted by Crippen LogP contribution is -2.34. The summed E-state index contributed by atoms with van der Waals surface area (Å²) in [5, 5.41) is 0.385. The molecule has 2 amide bonds. The second-order valence-corrected chi connectivity index (χ2v) is 5.57. The highest BCUT2D eigenvalue weighted by Gasteiger charge is 2.15. The number of nitrogens with two attached hydrogens (primary N) is 1. The number of benzene rings is 1. The summed E-state index contributed by atoms with van der Waals surface area (Å²) in [5.41, 5.74) is 6.98. The minimum absolute atomic E-state index is 0.0841. The van der Waals surface area contributed by atoms with Gasteiger partial charge in [-0.25, -0.2) is 4.98 Å². The fourth-order valence-corrected chi connectivity index (χ4v) is 2.25. The average Bonchev–Trinajstić information content (AvgIpc) is 2.54. The van der Waals surface area contributed by atoms with Crippen molar-refractivity contribution in [2.75, 3.05) is 6.54 Å². The number of pyridine rings is 1. The topological polar surface area (TPSA) is 76.3 Å². The van der Waals surface area contributed by atoms with Crippen molar-refractivity contribution in [3.63, 3.8) is 0 Å². The summed E-state index contributed by atoms with van der Waals surface area (Å²) in [4.78, 5) is 29.2. The van der Waals surface area contributed by atoms with Gasteiger partial charge in [0.2, 0.25) is 11.8 Å². The molecule has 1 aromatic heterocycles. The molecule has 2 N–H and O–H groups in total. The SMILES string of the molecule is NC(=O)CCN(Cc1ccccc1)C(=O)Cc1ccc(Cl)nc1. The lowest BCUT2D eigenvalue weighted by atomic mass is 10.1. The second-order valence-electron chi connectivity index (χ2n) is 5.18. The van der Waals surface area contributed by atoms with Crippen molar-refractivity contribution in [3.8, 4) is 0 Å². The number of nitrogens with zero attached hydrogens (tertiary/aromatic N) is 2. The summed E-state index contributed by atoms with van der Waals surface area (Å²) < 4.78 is 0. The first kappa shape index (κ1) is 17.0. The van der Waals surface area contributed by atoms with Crippen molar-refractivity contribution in [2.45, 2.75) is 19.4 Å². The molecule has 23 heavy (non-hydrogen) atoms. The molecule has 0 atom stereocenters. The number of hydrogen-bond donors (Lipinski definition) is 1. The van der Waals surface area contributed by atoms with E-state index in [-0.39, 0.29) is 18.7 Å². The number of aromatic nitrogens is 1. The molecule has 0 aliphatic heterocycles. The first-order chi connectivity index (χ1) is 11.0. The number of carbonyl (C=O) groups is 2. The van der Waals surface area contributed by atoms with Gasteiger partial charge in [-0.05, 0) is 17.2 Å². The second kappa shape index (κ2) is 8.29. The zero-order chi connectivity index (χ0) is 16.7. The van der Waals surface area contributed by atoms with Gasteiger partial charge in [-0.2, -0.15) is 0 Å². The van der Waals surface area contributed by atoms with E-state index in [0.717, 1.165) is 11.1 Å². The zero-order valence-electron chi connectivity index (χ0n) is 12.6. The molecule has 0 saturated heterocycles. The first-order valence-corrected chi connectivity index (χ1v) is 7.63. The van der Waals surface area contributed by atoms with E-state index in [1.54, 1.807) is 23.2 Å². The fourth-order valence-electron chi connectivity index (χ4n) is 2.14. The van der Waals surface area contributed by atoms with Crippen LogP contribution in [0.4, 0.5) is 0 Å². The van der Waals surface area contributed by atoms with Gasteiger partial charge in [0.1, 0.15) is 5.15 Å². The quantitative estimate of drug-likeness (QED) is 0.790. The molecule has 120 valence electrons. The maximum absolute atomic E-state index is 12.5. The van der Waals surface area contributed by atoms with E-state index >= 15 is 0 Å². The van der Waals surface area contributed by atoms with Crippen molar-refractivity contribution in [1.29, 1.82) is 0 Å². The smallest absolute Gasteiger partial charge is 0.227 e. The molecule has 1 heterocycles. The molecule has 0 radical (unpaired) electrons. The molecule has 0 saturated carbocycles. The maximum Gasteiger partial charge on any atom is 0.227 e. The first-order valence-electron chi connectivity index (χ1n) is 7.25. The summed E-state index contributed by atoms with van der Waals surface area (Å²) in [7, 11) is 0. The van der Waals surface area contributed by atoms with Gasteiger partial charge >= 0.3 is 0 Å². The molecule has 0 fully saturated rings. The normalized spacial score (nSPS) is 10.3. The minimum atomic E-state index is -0.427. The number of carbonyl (C=O) groups excluding carboxylic acids is 2. The standard InChI is InChI=1S/C17H18ClN3O2/c18-15-7-6-14(11-20-15)10-17(23)21(9-8-16(19)22)12-13-4-2-1-3-5-13/h1-7,11H,8-10,12H2,(H2,19,22). The molecule has 0 aliphatic carbocycles. The number of amides is 2. The van der Waals surface area contributed by atoms with Crippen molar-refractivity contribution in [2.24, 2.45) is 5.73 Å². The maximum atomic E-state index is 12.5. The van der Waals surface area contributed by atoms with E-state index in [9.17, 15) is 9.59 Å². The highest BCUT2D eigenvalue weighted by molar-refractivity contribution is 6.29. The number of halogens is 1. The highest BCUT2D eigenvalue weighted by Crippen LogP contribution is 2.10. The Bertz CT molecular complexity index is 659. The van der Waals surface area contributed by atoms with Gasteiger partial charge in [-0.3, -0.25) is 9.59 Å². The summed E-state index contributed by atoms with van der Waals surface area (Å²) in [6.45, 7) is 0.734. The van der Waals surface area contributed by atoms with Crippen LogP contribution in [-0.4, -0.2) is 28.2 Å². The number of hydrogen-bond acceptors (Lipinski definition) is 3. The van der Waals surface area contributed by atoms with Crippen LogP contribution in [0, 0.1) is 0 Å². The molecule has 5 nitrogen and oxygen atoms in total. The molecule has 2 aromatic rings. The van der Waals surface area contributed by atoms with Gasteiger partial charge in [-0.15, -0.1) is 0 Å². The van der Waals surface area contributed by atoms with E-state index in [0.29, 0.717) is 18.2 Å². The Hall–Kier alpha value is -2.40. The van der Waals surface area contributed by atoms with Gasteiger partial charge in [0, 0.05) is 25.7 Å². The average molecular weight is 332 g/mol. The van der Waals surface area contributed by atoms with E-state index < -0.39 is 5.91 Å². The Morgan fingerprint density at radius 2 is 1.83 bits per heavy atom. The summed E-state index contributed by atoms with van der Waals surface area (Å²) >= 11 is 5.74. The Kier molecular flexibility index (Phi) is 6.11. The zero-order valence-corrected chi connectivity index (χ0v) is 13.4. The highest BCUT2D eigenvalue weighted by atomic mass is 35.5. The molecule has 0 spiro atoms. The Morgan fingerprint density at radius 1 is 1.09 bits per heavy atom. The van der Waals surface area contributed by atoms with Crippen LogP contribution in [-0.2, 0) is 22.6 Å². The third-order valence-electron chi connectivity index (χ3n) is 3.34. The van der Waals surface area contributed by atoms with Crippen molar-refractivity contribution in [1.82, 2.24) is 9.88 Å². The van der Waals surface area contributed by atoms with Crippen molar-refractivity contribution in [3.05, 3.63) is 64.9 Å². The molecule has 1 aromatic carbocycles. The van der Waals surface area contributed by atoms with Crippen molar-refractivity contribution >= 4 is 23.4 Å². The van der Waals surface area contributed by atoms with E-state index in [2.05, 4.69) is 4.98 Å². The van der Waals surface area contributed by atoms with Gasteiger partial charge in [-0.1, -0.05) is 48.0 Å². The van der Waals surface area contributed by atoms with E-state index in [1.807, 2.05) is 30.3 Å². The monoisotopic (exact) mass is 331 g/mol. The largest absolute Gasteiger partial charge is 0.370 e. The van der Waals surface area contributed by atoms with E-state index in [4.69, 9.17) is 17.3 Å². The van der Waals surface area contributed by atoms with Gasteiger partial charge < -0.3 is 10.6 Å². The molecule has 0 bridgehead atoms. The lowest BCUT2D eigenvalue weighted by molar-refractivity contribution is -0.131. The van der Waals surface area contributed by atoms with Crippen molar-refractivity contribution < 1.29 is 9.59 Å². The predicted molar refractivity (Wildman–Crippen MR) is 88.6 cm³/mol. The lowest BCUT2D eigenvalue weighted by Gasteiger charge is -2.22. The summed E-state index contributed by atoms with van der Waals surface area (Å²) in [6, 6.07) is 13.0. The van der Waals surface area contributed by atoms with E-state index in [1.165, 1.54) is 0 Å². The molecule has 0 aliphatic rings. The van der Waals surface area contributed by atoms with Crippen LogP contribution in [0.1, 0.15) is 17.5 Å². The van der Waals surface area contributed by atoms with Crippen LogP contribution >= 0.6 is 11.6 Å². The third-order valence-corrected chi connectivity index (χ3v) is 3.56. The van der Waals surface area contributed by atoms with Gasteiger partial charge in [0.15, 0.2) is 0 Å². The number of rotatable bonds is 7. The molecular formula is C17H18ClN3O2. The molecule has 2 rings (SSSR count). The minimum Gasteiger partial charge on any atom is -0.370 e. The Morgan fingerprint density at radius 3 is 2.43 bits per heavy atom. The summed E-state index contributed by atoms with van der Waals surface area (Å²) in [5.74, 6) is -0.511. The van der Waals surface area contributed by atoms with Gasteiger partial charge in [0.05, 0.1) is 6.42 Å². The fraction of sp³-hybridized carbons (Fsp3) is 0.235. The van der Waals surface area contributed by atoms with Gasteiger partial charge in [0.25, 0.3) is 0 Å². The molecular weight excluding hydrogens is 314 g/mol. The van der Waals surface area contributed by atoms with Crippen LogP contribution < -0.4 is 5.73 Å². The summed E-state index contributed by atoms with van der Waals surface area (Å²) in [6.07, 6.45) is 1.92. The Balaban J connectivity index is 2.06. The Labute approximate surface area is 140 Å². The third kappa shape index (κ3) is 5.71. The molecule has 6 heteroatoms. The van der Waals surface area contributed by atoms with Crippen LogP contribution in [0.2, 0.25) is 5.15 Å². The number of primary amides is 1. The van der Waals surface area contributed by atoms with Crippen LogP contribution in [0.5, 0.6) is 0 Å².